The zero-order valence-corrected chi connectivity index (χ0v) is 79.9. The molecular formula is C124H117BN6. The number of hydrogen-bond donors (Lipinski definition) is 0. The van der Waals surface area contributed by atoms with Gasteiger partial charge in [0.15, 0.2) is 0 Å². The smallest absolute Gasteiger partial charge is 0.252 e. The van der Waals surface area contributed by atoms with E-state index < -0.39 is 0 Å². The molecule has 2 aliphatic rings. The predicted molar refractivity (Wildman–Crippen MR) is 565 cm³/mol. The monoisotopic (exact) mass is 1700 g/mol. The van der Waals surface area contributed by atoms with Crippen molar-refractivity contribution in [3.05, 3.63) is 367 Å². The van der Waals surface area contributed by atoms with E-state index in [2.05, 4.69) is 501 Å². The van der Waals surface area contributed by atoms with E-state index in [1.165, 1.54) is 110 Å². The number of para-hydroxylation sites is 2. The van der Waals surface area contributed by atoms with Gasteiger partial charge in [-0.25, -0.2) is 0 Å². The summed E-state index contributed by atoms with van der Waals surface area (Å²) in [5.74, 6) is 0. The molecule has 0 radical (unpaired) electrons. The summed E-state index contributed by atoms with van der Waals surface area (Å²) in [5.41, 5.74) is 38.7. The van der Waals surface area contributed by atoms with Crippen LogP contribution in [-0.2, 0) is 37.9 Å². The van der Waals surface area contributed by atoms with Crippen LogP contribution in [0.25, 0.3) is 143 Å². The van der Waals surface area contributed by atoms with Crippen molar-refractivity contribution in [2.24, 2.45) is 0 Å². The molecule has 0 spiro atoms. The second-order valence-electron chi connectivity index (χ2n) is 44.7. The maximum absolute atomic E-state index is 2.79. The lowest BCUT2D eigenvalue weighted by Crippen LogP contribution is -2.61. The molecule has 0 bridgehead atoms. The first-order valence-electron chi connectivity index (χ1n) is 47.2. The Hall–Kier alpha value is -13.6. The standard InChI is InChI=1S/C124H117BN6/c1-118(2,3)79-46-57-103-94(64-79)95-65-80(119(4,5)6)47-58-104(95)127(103)87-52-55-100-110(72-87)130(116-92(77-38-28-23-29-39-77)70-85(124(19,20)21)71-93(116)78-40-30-24-31-41-78)112-74-89(129-107-61-50-83(122(13,14)15)68-98(107)99-69-84(123(16,17)18)51-62-108(99)129)75-113-115(112)125(100)101-56-53-88(128-105-59-48-81(120(7,8)9)66-96(105)97-67-82(121(10,11)12)49-60-106(97)128)73-111(101)131(113)117-90(76-36-26-22-27-37-76)54-63-109-114(117)91-44-34-35-45-102(91)126(109)86-42-32-25-33-43-86/h22-75H,1-21H3. The fourth-order valence-electron chi connectivity index (χ4n) is 21.5. The van der Waals surface area contributed by atoms with Gasteiger partial charge in [0.2, 0.25) is 0 Å². The average Bonchev–Trinajstić information content (AvgIpc) is 1.65. The molecule has 0 atom stereocenters. The van der Waals surface area contributed by atoms with Gasteiger partial charge in [0.1, 0.15) is 0 Å². The van der Waals surface area contributed by atoms with Gasteiger partial charge < -0.3 is 28.1 Å². The van der Waals surface area contributed by atoms with Crippen LogP contribution < -0.4 is 26.2 Å². The van der Waals surface area contributed by atoms with Gasteiger partial charge in [-0.3, -0.25) is 0 Å². The molecule has 0 unspecified atom stereocenters. The second kappa shape index (κ2) is 29.4. The largest absolute Gasteiger partial charge is 0.310 e. The molecule has 0 N–H and O–H groups in total. The lowest BCUT2D eigenvalue weighted by Gasteiger charge is -2.46. The third-order valence-electron chi connectivity index (χ3n) is 28.8. The summed E-state index contributed by atoms with van der Waals surface area (Å²) in [6.07, 6.45) is 0. The third kappa shape index (κ3) is 13.5. The first-order valence-corrected chi connectivity index (χ1v) is 47.2. The molecule has 7 heteroatoms. The molecule has 131 heavy (non-hydrogen) atoms. The molecule has 4 aromatic heterocycles. The van der Waals surface area contributed by atoms with E-state index in [1.807, 2.05) is 0 Å². The topological polar surface area (TPSA) is 26.2 Å². The van der Waals surface area contributed by atoms with Crippen molar-refractivity contribution in [2.45, 2.75) is 183 Å². The normalized spacial score (nSPS) is 13.5. The number of nitrogens with zero attached hydrogens (tertiary/aromatic N) is 6. The second-order valence-corrected chi connectivity index (χ2v) is 44.7. The van der Waals surface area contributed by atoms with Crippen LogP contribution in [-0.4, -0.2) is 25.0 Å². The van der Waals surface area contributed by atoms with Gasteiger partial charge in [-0.05, 0) is 256 Å². The molecule has 2 aliphatic heterocycles. The van der Waals surface area contributed by atoms with Crippen LogP contribution in [0.1, 0.15) is 184 Å². The minimum atomic E-state index is -0.362. The average molecular weight is 1700 g/mol. The van der Waals surface area contributed by atoms with Crippen molar-refractivity contribution in [3.8, 4) is 56.1 Å². The van der Waals surface area contributed by atoms with Crippen molar-refractivity contribution < 1.29 is 0 Å². The summed E-state index contributed by atoms with van der Waals surface area (Å²) >= 11 is 0. The number of rotatable bonds is 9. The van der Waals surface area contributed by atoms with E-state index in [4.69, 9.17) is 0 Å². The molecule has 0 fully saturated rings. The van der Waals surface area contributed by atoms with E-state index in [-0.39, 0.29) is 44.6 Å². The summed E-state index contributed by atoms with van der Waals surface area (Å²) < 4.78 is 10.3. The zero-order valence-electron chi connectivity index (χ0n) is 79.9. The van der Waals surface area contributed by atoms with Gasteiger partial charge in [-0.2, -0.15) is 0 Å². The van der Waals surface area contributed by atoms with Crippen LogP contribution in [0, 0.1) is 0 Å². The molecule has 22 rings (SSSR count). The molecule has 20 aromatic rings. The Labute approximate surface area is 773 Å². The fourth-order valence-corrected chi connectivity index (χ4v) is 21.5. The Bertz CT molecular complexity index is 7820. The summed E-state index contributed by atoms with van der Waals surface area (Å²) in [6, 6.07) is 129. The summed E-state index contributed by atoms with van der Waals surface area (Å²) in [7, 11) is 0. The van der Waals surface area contributed by atoms with Crippen molar-refractivity contribution in [3.63, 3.8) is 0 Å². The Kier molecular flexibility index (Phi) is 18.7. The molecule has 16 aromatic carbocycles. The highest BCUT2D eigenvalue weighted by Crippen LogP contribution is 2.57. The Balaban J connectivity index is 0.969. The van der Waals surface area contributed by atoms with Gasteiger partial charge in [0.25, 0.3) is 6.71 Å². The summed E-state index contributed by atoms with van der Waals surface area (Å²) in [4.78, 5) is 5.58. The van der Waals surface area contributed by atoms with Crippen LogP contribution in [0.2, 0.25) is 0 Å². The van der Waals surface area contributed by atoms with Gasteiger partial charge >= 0.3 is 0 Å². The Morgan fingerprint density at radius 2 is 0.473 bits per heavy atom. The molecular weight excluding hydrogens is 1580 g/mol. The highest BCUT2D eigenvalue weighted by molar-refractivity contribution is 7.00. The molecule has 6 heterocycles. The van der Waals surface area contributed by atoms with E-state index in [0.29, 0.717) is 0 Å². The van der Waals surface area contributed by atoms with Crippen LogP contribution in [0.5, 0.6) is 0 Å². The van der Waals surface area contributed by atoms with E-state index >= 15 is 0 Å². The maximum Gasteiger partial charge on any atom is 0.252 e. The van der Waals surface area contributed by atoms with E-state index in [1.54, 1.807) is 0 Å². The van der Waals surface area contributed by atoms with Crippen molar-refractivity contribution >= 4 is 144 Å². The van der Waals surface area contributed by atoms with E-state index in [9.17, 15) is 0 Å². The van der Waals surface area contributed by atoms with Crippen molar-refractivity contribution in [1.29, 1.82) is 0 Å². The van der Waals surface area contributed by atoms with Crippen LogP contribution in [0.15, 0.2) is 328 Å². The molecule has 0 amide bonds. The Morgan fingerprint density at radius 1 is 0.191 bits per heavy atom. The van der Waals surface area contributed by atoms with Crippen LogP contribution in [0.3, 0.4) is 0 Å². The van der Waals surface area contributed by atoms with E-state index in [0.717, 1.165) is 123 Å². The fraction of sp³-hybridized carbons (Fsp3) is 0.226. The van der Waals surface area contributed by atoms with Gasteiger partial charge in [0, 0.05) is 99.6 Å². The number of aromatic nitrogens is 4. The minimum absolute atomic E-state index is 0.0971. The first kappa shape index (κ1) is 83.0. The number of hydrogen-bond acceptors (Lipinski definition) is 2. The molecule has 0 saturated heterocycles. The highest BCUT2D eigenvalue weighted by atomic mass is 15.2. The van der Waals surface area contributed by atoms with Crippen LogP contribution >= 0.6 is 0 Å². The maximum atomic E-state index is 2.79. The number of fused-ring (bicyclic) bond motifs is 16. The zero-order chi connectivity index (χ0) is 91.0. The molecule has 6 nitrogen and oxygen atoms in total. The highest BCUT2D eigenvalue weighted by Gasteiger charge is 2.47. The van der Waals surface area contributed by atoms with Gasteiger partial charge in [-0.1, -0.05) is 327 Å². The van der Waals surface area contributed by atoms with Gasteiger partial charge in [0.05, 0.1) is 61.2 Å². The summed E-state index contributed by atoms with van der Waals surface area (Å²) in [5, 5.41) is 9.78. The lowest BCUT2D eigenvalue weighted by atomic mass is 9.33. The lowest BCUT2D eigenvalue weighted by molar-refractivity contribution is 0.590. The van der Waals surface area contributed by atoms with Crippen LogP contribution in [0.4, 0.5) is 34.1 Å². The number of benzene rings is 16. The predicted octanol–water partition coefficient (Wildman–Crippen LogP) is 32.2. The molecule has 0 saturated carbocycles. The number of anilines is 6. The minimum Gasteiger partial charge on any atom is -0.310 e. The quantitative estimate of drug-likeness (QED) is 0.135. The summed E-state index contributed by atoms with van der Waals surface area (Å²) in [6.45, 7) is 49.1. The molecule has 646 valence electrons. The van der Waals surface area contributed by atoms with Crippen molar-refractivity contribution in [2.75, 3.05) is 9.80 Å². The van der Waals surface area contributed by atoms with Gasteiger partial charge in [-0.15, -0.1) is 0 Å². The SMILES string of the molecule is CC(C)(C)c1cc(-c2ccccc2)c(N2c3cc(-n4c5ccc(C(C)(C)C)cc5c5cc(C(C)(C)C)ccc54)ccc3B3c4ccc(-n5c6ccc(C(C)(C)C)cc6c6cc(C(C)(C)C)ccc65)cc4N(c4c(-c5ccccc5)ccc5c4c4ccccc4n5-c4ccccc4)c4cc(-n5c6ccc(C(C)(C)C)cc6c6cc(C(C)(C)C)ccc65)cc2c43)c(-c2ccccc2)c1. The third-order valence-corrected chi connectivity index (χ3v) is 28.8. The molecule has 0 aliphatic carbocycles. The first-order chi connectivity index (χ1) is 62.4. The Morgan fingerprint density at radius 3 is 0.824 bits per heavy atom. The van der Waals surface area contributed by atoms with Crippen molar-refractivity contribution in [1.82, 2.24) is 18.3 Å².